The predicted octanol–water partition coefficient (Wildman–Crippen LogP) is 3.06. The summed E-state index contributed by atoms with van der Waals surface area (Å²) in [5.41, 5.74) is 5.85. The number of ether oxygens (including phenoxy) is 1. The van der Waals surface area contributed by atoms with E-state index >= 15 is 0 Å². The summed E-state index contributed by atoms with van der Waals surface area (Å²) in [6.45, 7) is 0.485. The van der Waals surface area contributed by atoms with Crippen molar-refractivity contribution in [2.24, 2.45) is 7.05 Å². The zero-order chi connectivity index (χ0) is 21.4. The molecule has 5 aromatic rings. The van der Waals surface area contributed by atoms with E-state index in [9.17, 15) is 4.79 Å². The Bertz CT molecular complexity index is 1400. The van der Waals surface area contributed by atoms with Crippen molar-refractivity contribution in [2.45, 2.75) is 6.54 Å². The first-order chi connectivity index (χ1) is 15.1. The van der Waals surface area contributed by atoms with Gasteiger partial charge in [0.1, 0.15) is 11.3 Å². The highest BCUT2D eigenvalue weighted by Gasteiger charge is 2.13. The van der Waals surface area contributed by atoms with Crippen LogP contribution in [0.15, 0.2) is 61.3 Å². The monoisotopic (exact) mass is 413 g/mol. The molecule has 0 unspecified atom stereocenters. The third-order valence-electron chi connectivity index (χ3n) is 5.08. The minimum absolute atomic E-state index is 0.364. The molecule has 4 aromatic heterocycles. The van der Waals surface area contributed by atoms with E-state index in [1.165, 1.54) is 7.11 Å². The Kier molecular flexibility index (Phi) is 4.55. The van der Waals surface area contributed by atoms with E-state index in [-0.39, 0.29) is 5.97 Å². The number of hydrogen-bond donors (Lipinski definition) is 1. The van der Waals surface area contributed by atoms with Gasteiger partial charge in [-0.05, 0) is 23.8 Å². The third kappa shape index (κ3) is 3.57. The molecule has 9 nitrogen and oxygen atoms in total. The maximum Gasteiger partial charge on any atom is 0.337 e. The van der Waals surface area contributed by atoms with Gasteiger partial charge >= 0.3 is 5.97 Å². The topological polar surface area (TPSA) is 104 Å². The van der Waals surface area contributed by atoms with E-state index in [1.807, 2.05) is 50.2 Å². The molecule has 0 saturated carbocycles. The molecule has 5 rings (SSSR count). The molecule has 0 aliphatic carbocycles. The molecular formula is C22H19N7O2. The normalized spacial score (nSPS) is 11.2. The highest BCUT2D eigenvalue weighted by Crippen LogP contribution is 2.29. The van der Waals surface area contributed by atoms with Crippen LogP contribution >= 0.6 is 0 Å². The van der Waals surface area contributed by atoms with Gasteiger partial charge < -0.3 is 9.72 Å². The van der Waals surface area contributed by atoms with E-state index in [4.69, 9.17) is 4.74 Å². The van der Waals surface area contributed by atoms with Crippen LogP contribution in [-0.4, -0.2) is 47.8 Å². The van der Waals surface area contributed by atoms with Crippen LogP contribution in [0.4, 0.5) is 0 Å². The van der Waals surface area contributed by atoms with Crippen LogP contribution in [0.1, 0.15) is 15.9 Å². The summed E-state index contributed by atoms with van der Waals surface area (Å²) >= 11 is 0. The highest BCUT2D eigenvalue weighted by atomic mass is 16.5. The van der Waals surface area contributed by atoms with E-state index in [0.29, 0.717) is 12.1 Å². The Labute approximate surface area is 177 Å². The number of nitrogens with zero attached hydrogens (tertiary/aromatic N) is 6. The van der Waals surface area contributed by atoms with Gasteiger partial charge in [-0.3, -0.25) is 4.68 Å². The van der Waals surface area contributed by atoms with E-state index < -0.39 is 0 Å². The first kappa shape index (κ1) is 18.7. The molecule has 0 fully saturated rings. The van der Waals surface area contributed by atoms with Gasteiger partial charge in [0.15, 0.2) is 0 Å². The van der Waals surface area contributed by atoms with E-state index in [0.717, 1.165) is 39.0 Å². The van der Waals surface area contributed by atoms with Gasteiger partial charge in [-0.2, -0.15) is 5.10 Å². The molecule has 0 spiro atoms. The van der Waals surface area contributed by atoms with Crippen molar-refractivity contribution in [1.82, 2.24) is 34.7 Å². The van der Waals surface area contributed by atoms with Gasteiger partial charge in [-0.25, -0.2) is 14.5 Å². The number of aromatic amines is 1. The molecule has 0 atom stereocenters. The lowest BCUT2D eigenvalue weighted by atomic mass is 10.1. The van der Waals surface area contributed by atoms with Crippen LogP contribution < -0.4 is 0 Å². The Morgan fingerprint density at radius 2 is 2.06 bits per heavy atom. The third-order valence-corrected chi connectivity index (χ3v) is 5.08. The average molecular weight is 413 g/mol. The van der Waals surface area contributed by atoms with Crippen LogP contribution in [0, 0.1) is 0 Å². The predicted molar refractivity (Wildman–Crippen MR) is 114 cm³/mol. The number of esters is 1. The molecule has 0 aliphatic heterocycles. The Balaban J connectivity index is 1.45. The number of aryl methyl sites for hydroxylation is 1. The van der Waals surface area contributed by atoms with Crippen molar-refractivity contribution < 1.29 is 9.53 Å². The Morgan fingerprint density at radius 3 is 2.87 bits per heavy atom. The number of nitrogens with one attached hydrogen (secondary N) is 1. The number of benzene rings is 1. The lowest BCUT2D eigenvalue weighted by molar-refractivity contribution is 0.0600. The largest absolute Gasteiger partial charge is 0.465 e. The van der Waals surface area contributed by atoms with Gasteiger partial charge in [-0.1, -0.05) is 17.3 Å². The maximum atomic E-state index is 11.8. The molecule has 9 heteroatoms. The zero-order valence-electron chi connectivity index (χ0n) is 17.0. The average Bonchev–Trinajstić information content (AvgIpc) is 3.52. The molecule has 0 aliphatic rings. The second-order valence-corrected chi connectivity index (χ2v) is 7.22. The van der Waals surface area contributed by atoms with Crippen molar-refractivity contribution in [3.05, 3.63) is 72.4 Å². The summed E-state index contributed by atoms with van der Waals surface area (Å²) in [4.78, 5) is 19.5. The van der Waals surface area contributed by atoms with E-state index in [1.54, 1.807) is 21.5 Å². The Morgan fingerprint density at radius 1 is 1.16 bits per heavy atom. The molecule has 31 heavy (non-hydrogen) atoms. The molecule has 0 radical (unpaired) electrons. The van der Waals surface area contributed by atoms with Crippen molar-refractivity contribution >= 4 is 17.0 Å². The lowest BCUT2D eigenvalue weighted by Gasteiger charge is -2.03. The summed E-state index contributed by atoms with van der Waals surface area (Å²) in [6.07, 6.45) is 9.35. The van der Waals surface area contributed by atoms with Crippen molar-refractivity contribution in [2.75, 3.05) is 7.11 Å². The highest BCUT2D eigenvalue weighted by molar-refractivity contribution is 5.94. The van der Waals surface area contributed by atoms with Crippen molar-refractivity contribution in [3.63, 3.8) is 0 Å². The second-order valence-electron chi connectivity index (χ2n) is 7.22. The number of hydrogen-bond acceptors (Lipinski definition) is 6. The number of fused-ring (bicyclic) bond motifs is 1. The zero-order valence-corrected chi connectivity index (χ0v) is 17.0. The van der Waals surface area contributed by atoms with Crippen LogP contribution in [-0.2, 0) is 18.3 Å². The van der Waals surface area contributed by atoms with Gasteiger partial charge in [0.05, 0.1) is 31.6 Å². The molecule has 0 amide bonds. The maximum absolute atomic E-state index is 11.8. The van der Waals surface area contributed by atoms with Gasteiger partial charge in [0.2, 0.25) is 0 Å². The number of H-pyrrole nitrogens is 1. The first-order valence-corrected chi connectivity index (χ1v) is 9.64. The van der Waals surface area contributed by atoms with Crippen LogP contribution in [0.5, 0.6) is 0 Å². The van der Waals surface area contributed by atoms with Gasteiger partial charge in [0.25, 0.3) is 0 Å². The van der Waals surface area contributed by atoms with Crippen molar-refractivity contribution in [3.8, 4) is 22.4 Å². The molecule has 154 valence electrons. The molecule has 1 aromatic carbocycles. The fourth-order valence-corrected chi connectivity index (χ4v) is 3.54. The van der Waals surface area contributed by atoms with Gasteiger partial charge in [-0.15, -0.1) is 5.10 Å². The quantitative estimate of drug-likeness (QED) is 0.444. The summed E-state index contributed by atoms with van der Waals surface area (Å²) in [6, 6.07) is 9.35. The van der Waals surface area contributed by atoms with Crippen molar-refractivity contribution in [1.29, 1.82) is 0 Å². The van der Waals surface area contributed by atoms with Crippen LogP contribution in [0.3, 0.4) is 0 Å². The SMILES string of the molecule is COC(=O)c1cccc(Cn2cc(-c3c[nH]c4ncc(-c5cnn(C)c5)cc34)nn2)c1. The number of rotatable bonds is 5. The fourth-order valence-electron chi connectivity index (χ4n) is 3.54. The fraction of sp³-hybridized carbons (Fsp3) is 0.136. The first-order valence-electron chi connectivity index (χ1n) is 9.64. The summed E-state index contributed by atoms with van der Waals surface area (Å²) < 4.78 is 8.29. The molecule has 0 bridgehead atoms. The molecule has 0 saturated heterocycles. The molecular weight excluding hydrogens is 394 g/mol. The summed E-state index contributed by atoms with van der Waals surface area (Å²) in [7, 11) is 3.25. The Hall–Kier alpha value is -4.27. The number of pyridine rings is 1. The second kappa shape index (κ2) is 7.52. The minimum atomic E-state index is -0.364. The molecule has 1 N–H and O–H groups in total. The number of carbonyl (C=O) groups excluding carboxylic acids is 1. The number of methoxy groups -OCH3 is 1. The smallest absolute Gasteiger partial charge is 0.337 e. The van der Waals surface area contributed by atoms with E-state index in [2.05, 4.69) is 31.4 Å². The minimum Gasteiger partial charge on any atom is -0.465 e. The van der Waals surface area contributed by atoms with Crippen LogP contribution in [0.25, 0.3) is 33.4 Å². The van der Waals surface area contributed by atoms with Gasteiger partial charge in [0, 0.05) is 47.7 Å². The lowest BCUT2D eigenvalue weighted by Crippen LogP contribution is -2.04. The summed E-state index contributed by atoms with van der Waals surface area (Å²) in [5.74, 6) is -0.364. The van der Waals surface area contributed by atoms with Crippen LogP contribution in [0.2, 0.25) is 0 Å². The number of aromatic nitrogens is 7. The summed E-state index contributed by atoms with van der Waals surface area (Å²) in [5, 5.41) is 13.8. The molecule has 4 heterocycles. The number of carbonyl (C=O) groups is 1. The standard InChI is InChI=1S/C22H19N7O2/c1-28-12-17(9-25-28)16-7-18-19(10-24-21(18)23-8-16)20-13-29(27-26-20)11-14-4-3-5-15(6-14)22(30)31-2/h3-10,12-13H,11H2,1-2H3,(H,23,24).